The fraction of sp³-hybridized carbons (Fsp3) is 0.450. The number of fused-ring (bicyclic) bond motifs is 1. The molecule has 0 aliphatic heterocycles. The highest BCUT2D eigenvalue weighted by Crippen LogP contribution is 2.45. The van der Waals surface area contributed by atoms with E-state index in [1.807, 2.05) is 30.3 Å². The zero-order valence-corrected chi connectivity index (χ0v) is 30.6. The minimum Gasteiger partial charge on any atom is -0.481 e. The molecule has 7 rings (SSSR count). The number of carbonyl (C=O) groups excluding carboxylic acids is 1. The Hall–Kier alpha value is -3.76. The van der Waals surface area contributed by atoms with Gasteiger partial charge in [-0.05, 0) is 86.1 Å². The van der Waals surface area contributed by atoms with Gasteiger partial charge in [-0.1, -0.05) is 66.0 Å². The Morgan fingerprint density at radius 1 is 0.922 bits per heavy atom. The van der Waals surface area contributed by atoms with Gasteiger partial charge in [0.05, 0.1) is 37.2 Å². The van der Waals surface area contributed by atoms with Crippen LogP contribution in [0.25, 0.3) is 22.4 Å². The standard InChI is InChI=1S/C40H44Cl2N4O5/c1-49-38-25(14-13-24-6-3-11-35(24)48)19-32(41)39(46-38)51-36-17-16-28-27(7-4-8-29(28)36)30-9-5-10-31(37(30)42)33-22-44-34(40(45-33)50-2)21-43-20-23-12-15-26(47)18-23/h4-5,7-10,19,22-24,35-36,43,48H,3,6,11-18,20-21H2,1-2H3/t23-,24+,35+,36+/m1/s1. The predicted molar refractivity (Wildman–Crippen MR) is 198 cm³/mol. The lowest BCUT2D eigenvalue weighted by Crippen LogP contribution is -2.22. The van der Waals surface area contributed by atoms with Crippen molar-refractivity contribution in [3.8, 4) is 40.0 Å². The lowest BCUT2D eigenvalue weighted by molar-refractivity contribution is -0.117. The van der Waals surface area contributed by atoms with Crippen LogP contribution in [0.3, 0.4) is 0 Å². The molecule has 2 saturated carbocycles. The van der Waals surface area contributed by atoms with Crippen LogP contribution in [0.4, 0.5) is 0 Å². The van der Waals surface area contributed by atoms with Crippen LogP contribution >= 0.6 is 23.2 Å². The van der Waals surface area contributed by atoms with Gasteiger partial charge in [-0.15, -0.1) is 0 Å². The fourth-order valence-corrected chi connectivity index (χ4v) is 8.51. The van der Waals surface area contributed by atoms with Gasteiger partial charge in [-0.2, -0.15) is 4.98 Å². The van der Waals surface area contributed by atoms with E-state index < -0.39 is 0 Å². The first-order valence-electron chi connectivity index (χ1n) is 17.9. The average molecular weight is 732 g/mol. The molecule has 51 heavy (non-hydrogen) atoms. The maximum atomic E-state index is 11.6. The Labute approximate surface area is 309 Å². The summed E-state index contributed by atoms with van der Waals surface area (Å²) in [5.74, 6) is 2.30. The first kappa shape index (κ1) is 35.6. The Balaban J connectivity index is 1.08. The summed E-state index contributed by atoms with van der Waals surface area (Å²) in [7, 11) is 3.20. The lowest BCUT2D eigenvalue weighted by Gasteiger charge is -2.19. The molecule has 4 aromatic rings. The molecular formula is C40H44Cl2N4O5. The van der Waals surface area contributed by atoms with Crippen molar-refractivity contribution in [2.45, 2.75) is 83.0 Å². The molecule has 0 amide bonds. The van der Waals surface area contributed by atoms with Crippen LogP contribution in [0.1, 0.15) is 79.9 Å². The summed E-state index contributed by atoms with van der Waals surface area (Å²) < 4.78 is 17.8. The number of aromatic nitrogens is 3. The molecule has 2 aromatic heterocycles. The molecule has 0 radical (unpaired) electrons. The highest BCUT2D eigenvalue weighted by molar-refractivity contribution is 6.36. The lowest BCUT2D eigenvalue weighted by atomic mass is 9.95. The minimum absolute atomic E-state index is 0.231. The van der Waals surface area contributed by atoms with E-state index in [1.165, 1.54) is 5.56 Å². The number of rotatable bonds is 13. The minimum atomic E-state index is -0.235. The molecule has 11 heteroatoms. The number of nitrogens with one attached hydrogen (secondary N) is 1. The van der Waals surface area contributed by atoms with Crippen LogP contribution in [0.5, 0.6) is 17.6 Å². The van der Waals surface area contributed by atoms with E-state index in [0.29, 0.717) is 76.1 Å². The molecule has 9 nitrogen and oxygen atoms in total. The van der Waals surface area contributed by atoms with Crippen molar-refractivity contribution in [2.75, 3.05) is 20.8 Å². The van der Waals surface area contributed by atoms with Crippen molar-refractivity contribution in [1.82, 2.24) is 20.3 Å². The molecule has 0 saturated heterocycles. The van der Waals surface area contributed by atoms with Gasteiger partial charge >= 0.3 is 0 Å². The monoisotopic (exact) mass is 730 g/mol. The summed E-state index contributed by atoms with van der Waals surface area (Å²) in [6.45, 7) is 1.26. The van der Waals surface area contributed by atoms with Crippen LogP contribution in [0, 0.1) is 11.8 Å². The number of nitrogens with zero attached hydrogens (tertiary/aromatic N) is 3. The van der Waals surface area contributed by atoms with E-state index >= 15 is 0 Å². The molecule has 0 bridgehead atoms. The van der Waals surface area contributed by atoms with Gasteiger partial charge in [0.25, 0.3) is 0 Å². The summed E-state index contributed by atoms with van der Waals surface area (Å²) >= 11 is 13.9. The number of Topliss-reactive ketones (excluding diaryl/α,β-unsaturated/α-hetero) is 1. The number of carbonyl (C=O) groups is 1. The number of hydrogen-bond acceptors (Lipinski definition) is 9. The van der Waals surface area contributed by atoms with Crippen molar-refractivity contribution in [1.29, 1.82) is 0 Å². The molecule has 2 aromatic carbocycles. The van der Waals surface area contributed by atoms with Crippen molar-refractivity contribution >= 4 is 29.0 Å². The van der Waals surface area contributed by atoms with Crippen LogP contribution in [-0.4, -0.2) is 52.7 Å². The van der Waals surface area contributed by atoms with Crippen molar-refractivity contribution in [2.24, 2.45) is 11.8 Å². The van der Waals surface area contributed by atoms with Gasteiger partial charge in [0.2, 0.25) is 17.6 Å². The zero-order valence-electron chi connectivity index (χ0n) is 29.1. The van der Waals surface area contributed by atoms with E-state index in [9.17, 15) is 9.90 Å². The topological polar surface area (TPSA) is 116 Å². The van der Waals surface area contributed by atoms with Gasteiger partial charge in [0, 0.05) is 36.1 Å². The highest BCUT2D eigenvalue weighted by Gasteiger charge is 2.30. The Bertz CT molecular complexity index is 1910. The molecule has 0 unspecified atom stereocenters. The molecule has 3 aliphatic carbocycles. The molecule has 2 N–H and O–H groups in total. The second kappa shape index (κ2) is 15.9. The summed E-state index contributed by atoms with van der Waals surface area (Å²) in [6.07, 6.45) is 9.68. The van der Waals surface area contributed by atoms with Gasteiger partial charge < -0.3 is 24.6 Å². The third-order valence-electron chi connectivity index (χ3n) is 10.7. The van der Waals surface area contributed by atoms with E-state index in [4.69, 9.17) is 42.4 Å². The third kappa shape index (κ3) is 7.72. The molecule has 2 heterocycles. The largest absolute Gasteiger partial charge is 0.481 e. The van der Waals surface area contributed by atoms with Gasteiger partial charge in [-0.3, -0.25) is 9.78 Å². The number of benzene rings is 2. The maximum absolute atomic E-state index is 11.6. The summed E-state index contributed by atoms with van der Waals surface area (Å²) in [5.41, 5.74) is 7.19. The van der Waals surface area contributed by atoms with Gasteiger partial charge in [-0.25, -0.2) is 4.98 Å². The quantitative estimate of drug-likeness (QED) is 0.141. The smallest absolute Gasteiger partial charge is 0.237 e. The molecule has 3 aliphatic rings. The van der Waals surface area contributed by atoms with Crippen LogP contribution in [0.2, 0.25) is 10.0 Å². The number of aliphatic hydroxyl groups is 1. The SMILES string of the molecule is COc1nc(O[C@H]2CCc3c(-c4cccc(-c5cnc(CNC[C@@H]6CCC(=O)C6)c(OC)n5)c4Cl)cccc32)c(Cl)cc1CC[C@@H]1CCC[C@@H]1O. The number of aryl methyl sites for hydroxylation is 1. The number of halogens is 2. The number of aliphatic hydroxyl groups excluding tert-OH is 1. The normalized spacial score (nSPS) is 21.2. The number of ketones is 1. The van der Waals surface area contributed by atoms with Crippen LogP contribution < -0.4 is 19.5 Å². The van der Waals surface area contributed by atoms with Gasteiger partial charge in [0.15, 0.2) is 0 Å². The summed E-state index contributed by atoms with van der Waals surface area (Å²) in [4.78, 5) is 25.8. The van der Waals surface area contributed by atoms with Crippen molar-refractivity contribution in [3.63, 3.8) is 0 Å². The molecule has 268 valence electrons. The predicted octanol–water partition coefficient (Wildman–Crippen LogP) is 8.15. The van der Waals surface area contributed by atoms with E-state index in [1.54, 1.807) is 20.4 Å². The number of ether oxygens (including phenoxy) is 3. The first-order valence-corrected chi connectivity index (χ1v) is 18.7. The number of pyridine rings is 1. The maximum Gasteiger partial charge on any atom is 0.237 e. The zero-order chi connectivity index (χ0) is 35.5. The average Bonchev–Trinajstić information content (AvgIpc) is 3.88. The van der Waals surface area contributed by atoms with E-state index in [0.717, 1.165) is 85.7 Å². The van der Waals surface area contributed by atoms with E-state index in [-0.39, 0.29) is 12.2 Å². The Kier molecular flexibility index (Phi) is 11.1. The number of methoxy groups -OCH3 is 2. The Morgan fingerprint density at radius 3 is 2.49 bits per heavy atom. The van der Waals surface area contributed by atoms with Crippen molar-refractivity contribution in [3.05, 3.63) is 81.1 Å². The second-order valence-corrected chi connectivity index (χ2v) is 14.7. The molecule has 0 spiro atoms. The van der Waals surface area contributed by atoms with Crippen LogP contribution in [-0.2, 0) is 24.2 Å². The van der Waals surface area contributed by atoms with Crippen LogP contribution in [0.15, 0.2) is 48.7 Å². The van der Waals surface area contributed by atoms with E-state index in [2.05, 4.69) is 27.4 Å². The molecule has 2 fully saturated rings. The molecule has 4 atom stereocenters. The summed E-state index contributed by atoms with van der Waals surface area (Å²) in [6, 6.07) is 14.1. The van der Waals surface area contributed by atoms with Gasteiger partial charge in [0.1, 0.15) is 22.6 Å². The Morgan fingerprint density at radius 2 is 1.73 bits per heavy atom. The third-order valence-corrected chi connectivity index (χ3v) is 11.4. The fourth-order valence-electron chi connectivity index (χ4n) is 7.96. The first-order chi connectivity index (χ1) is 24.8. The highest BCUT2D eigenvalue weighted by atomic mass is 35.5. The van der Waals surface area contributed by atoms with Crippen molar-refractivity contribution < 1.29 is 24.1 Å². The summed E-state index contributed by atoms with van der Waals surface area (Å²) in [5, 5.41) is 14.7. The molecular weight excluding hydrogens is 687 g/mol. The number of hydrogen-bond donors (Lipinski definition) is 2. The second-order valence-electron chi connectivity index (χ2n) is 13.9.